The van der Waals surface area contributed by atoms with Crippen LogP contribution in [-0.4, -0.2) is 49.6 Å². The van der Waals surface area contributed by atoms with Crippen LogP contribution < -0.4 is 5.32 Å². The molecule has 1 aliphatic heterocycles. The summed E-state index contributed by atoms with van der Waals surface area (Å²) in [5, 5.41) is 3.47. The van der Waals surface area contributed by atoms with E-state index in [9.17, 15) is 0 Å². The third-order valence-electron chi connectivity index (χ3n) is 4.06. The van der Waals surface area contributed by atoms with E-state index in [-0.39, 0.29) is 0 Å². The summed E-state index contributed by atoms with van der Waals surface area (Å²) < 4.78 is 0. The van der Waals surface area contributed by atoms with E-state index in [1.54, 1.807) is 0 Å². The van der Waals surface area contributed by atoms with Gasteiger partial charge in [-0.3, -0.25) is 4.90 Å². The van der Waals surface area contributed by atoms with Crippen LogP contribution in [0.2, 0.25) is 0 Å². The number of nitrogens with zero attached hydrogens (tertiary/aromatic N) is 2. The molecule has 1 fully saturated rings. The molecular weight excluding hydrogens is 266 g/mol. The summed E-state index contributed by atoms with van der Waals surface area (Å²) in [4.78, 5) is 7.92. The number of likely N-dealkylation sites (tertiary alicyclic amines) is 1. The monoisotopic (exact) mass is 295 g/mol. The van der Waals surface area contributed by atoms with Gasteiger partial charge in [0.25, 0.3) is 0 Å². The third kappa shape index (κ3) is 4.85. The molecule has 114 valence electrons. The van der Waals surface area contributed by atoms with Gasteiger partial charge in [0.15, 0.2) is 0 Å². The lowest BCUT2D eigenvalue weighted by molar-refractivity contribution is 0.216. The summed E-state index contributed by atoms with van der Waals surface area (Å²) >= 11 is 1.95. The quantitative estimate of drug-likeness (QED) is 0.744. The van der Waals surface area contributed by atoms with Crippen LogP contribution in [0, 0.1) is 0 Å². The molecule has 1 atom stereocenters. The van der Waals surface area contributed by atoms with Gasteiger partial charge < -0.3 is 10.2 Å². The minimum Gasteiger partial charge on any atom is -0.312 e. The summed E-state index contributed by atoms with van der Waals surface area (Å²) in [6.07, 6.45) is 3.93. The molecule has 1 unspecified atom stereocenters. The smallest absolute Gasteiger partial charge is 0.0325 e. The Bertz CT molecular complexity index is 391. The molecule has 2 rings (SSSR count). The Kier molecular flexibility index (Phi) is 6.49. The van der Waals surface area contributed by atoms with Gasteiger partial charge in [-0.15, -0.1) is 11.3 Å². The lowest BCUT2D eigenvalue weighted by atomic mass is 10.2. The molecule has 0 aliphatic carbocycles. The summed E-state index contributed by atoms with van der Waals surface area (Å²) in [6.45, 7) is 7.89. The van der Waals surface area contributed by atoms with Crippen LogP contribution in [0.1, 0.15) is 35.9 Å². The molecule has 0 radical (unpaired) electrons. The molecule has 0 saturated carbocycles. The van der Waals surface area contributed by atoms with Crippen molar-refractivity contribution in [1.82, 2.24) is 15.1 Å². The second kappa shape index (κ2) is 8.13. The fraction of sp³-hybridized carbons (Fsp3) is 0.750. The standard InChI is InChI=1S/C16H29N3S/c1-4-9-17-11-15-7-8-16(20-15)13-18(2)12-14-6-5-10-19(14)3/h7-8,14,17H,4-6,9-13H2,1-3H3. The Hall–Kier alpha value is -0.420. The molecule has 3 nitrogen and oxygen atoms in total. The average molecular weight is 295 g/mol. The SMILES string of the molecule is CCCNCc1ccc(CN(C)CC2CCCN2C)s1. The van der Waals surface area contributed by atoms with Crippen molar-refractivity contribution in [1.29, 1.82) is 0 Å². The lowest BCUT2D eigenvalue weighted by Crippen LogP contribution is -2.36. The van der Waals surface area contributed by atoms with Gasteiger partial charge in [-0.05, 0) is 58.6 Å². The van der Waals surface area contributed by atoms with E-state index in [1.165, 1.54) is 42.1 Å². The first-order valence-electron chi connectivity index (χ1n) is 7.86. The van der Waals surface area contributed by atoms with Crippen LogP contribution in [0.5, 0.6) is 0 Å². The summed E-state index contributed by atoms with van der Waals surface area (Å²) in [5.41, 5.74) is 0. The maximum atomic E-state index is 3.47. The van der Waals surface area contributed by atoms with E-state index in [0.29, 0.717) is 0 Å². The van der Waals surface area contributed by atoms with Crippen LogP contribution in [0.15, 0.2) is 12.1 Å². The number of hydrogen-bond acceptors (Lipinski definition) is 4. The molecule has 20 heavy (non-hydrogen) atoms. The van der Waals surface area contributed by atoms with E-state index in [2.05, 4.69) is 48.3 Å². The molecule has 1 aliphatic rings. The summed E-state index contributed by atoms with van der Waals surface area (Å²) in [7, 11) is 4.51. The second-order valence-corrected chi connectivity index (χ2v) is 7.27. The van der Waals surface area contributed by atoms with Crippen molar-refractivity contribution in [2.45, 2.75) is 45.3 Å². The van der Waals surface area contributed by atoms with Gasteiger partial charge in [-0.1, -0.05) is 6.92 Å². The zero-order valence-electron chi connectivity index (χ0n) is 13.2. The molecule has 0 spiro atoms. The zero-order chi connectivity index (χ0) is 14.4. The fourth-order valence-electron chi connectivity index (χ4n) is 2.89. The van der Waals surface area contributed by atoms with Gasteiger partial charge in [0.1, 0.15) is 0 Å². The first-order valence-corrected chi connectivity index (χ1v) is 8.67. The van der Waals surface area contributed by atoms with Gasteiger partial charge in [0, 0.05) is 35.4 Å². The predicted molar refractivity (Wildman–Crippen MR) is 88.3 cm³/mol. The van der Waals surface area contributed by atoms with Gasteiger partial charge in [0.05, 0.1) is 0 Å². The highest BCUT2D eigenvalue weighted by Gasteiger charge is 2.22. The van der Waals surface area contributed by atoms with Crippen molar-refractivity contribution in [2.24, 2.45) is 0 Å². The zero-order valence-corrected chi connectivity index (χ0v) is 14.0. The van der Waals surface area contributed by atoms with Crippen LogP contribution in [0.3, 0.4) is 0 Å². The first kappa shape index (κ1) is 16.0. The third-order valence-corrected chi connectivity index (χ3v) is 5.13. The molecule has 1 aromatic rings. The Morgan fingerprint density at radius 3 is 2.90 bits per heavy atom. The van der Waals surface area contributed by atoms with Crippen molar-refractivity contribution < 1.29 is 0 Å². The normalized spacial score (nSPS) is 20.1. The Balaban J connectivity index is 1.74. The average Bonchev–Trinajstić information content (AvgIpc) is 3.00. The fourth-order valence-corrected chi connectivity index (χ4v) is 3.96. The Morgan fingerprint density at radius 1 is 1.40 bits per heavy atom. The topological polar surface area (TPSA) is 18.5 Å². The van der Waals surface area contributed by atoms with E-state index in [4.69, 9.17) is 0 Å². The highest BCUT2D eigenvalue weighted by atomic mass is 32.1. The van der Waals surface area contributed by atoms with E-state index >= 15 is 0 Å². The molecule has 2 heterocycles. The predicted octanol–water partition coefficient (Wildman–Crippen LogP) is 2.77. The molecule has 1 saturated heterocycles. The highest BCUT2D eigenvalue weighted by molar-refractivity contribution is 7.11. The molecule has 4 heteroatoms. The number of thiophene rings is 1. The van der Waals surface area contributed by atoms with E-state index in [0.717, 1.165) is 25.7 Å². The first-order chi connectivity index (χ1) is 9.69. The molecule has 1 N–H and O–H groups in total. The number of rotatable bonds is 8. The molecular formula is C16H29N3S. The van der Waals surface area contributed by atoms with Crippen molar-refractivity contribution in [3.63, 3.8) is 0 Å². The highest BCUT2D eigenvalue weighted by Crippen LogP contribution is 2.20. The van der Waals surface area contributed by atoms with E-state index < -0.39 is 0 Å². The van der Waals surface area contributed by atoms with E-state index in [1.807, 2.05) is 11.3 Å². The van der Waals surface area contributed by atoms with Crippen LogP contribution >= 0.6 is 11.3 Å². The van der Waals surface area contributed by atoms with Gasteiger partial charge in [0.2, 0.25) is 0 Å². The maximum absolute atomic E-state index is 3.47. The lowest BCUT2D eigenvalue weighted by Gasteiger charge is -2.25. The molecule has 0 amide bonds. The van der Waals surface area contributed by atoms with Crippen LogP contribution in [-0.2, 0) is 13.1 Å². The van der Waals surface area contributed by atoms with Gasteiger partial charge in [-0.25, -0.2) is 0 Å². The van der Waals surface area contributed by atoms with Crippen LogP contribution in [0.4, 0.5) is 0 Å². The largest absolute Gasteiger partial charge is 0.312 e. The van der Waals surface area contributed by atoms with Gasteiger partial charge in [-0.2, -0.15) is 0 Å². The summed E-state index contributed by atoms with van der Waals surface area (Å²) in [5.74, 6) is 0. The maximum Gasteiger partial charge on any atom is 0.0325 e. The van der Waals surface area contributed by atoms with Crippen molar-refractivity contribution in [3.8, 4) is 0 Å². The number of likely N-dealkylation sites (N-methyl/N-ethyl adjacent to an activating group) is 2. The Labute approximate surface area is 128 Å². The minimum atomic E-state index is 0.755. The summed E-state index contributed by atoms with van der Waals surface area (Å²) in [6, 6.07) is 5.33. The van der Waals surface area contributed by atoms with Crippen molar-refractivity contribution >= 4 is 11.3 Å². The molecule has 0 bridgehead atoms. The van der Waals surface area contributed by atoms with Gasteiger partial charge >= 0.3 is 0 Å². The molecule has 0 aromatic carbocycles. The number of hydrogen-bond donors (Lipinski definition) is 1. The van der Waals surface area contributed by atoms with Crippen molar-refractivity contribution in [3.05, 3.63) is 21.9 Å². The molecule has 1 aromatic heterocycles. The Morgan fingerprint density at radius 2 is 2.20 bits per heavy atom. The minimum absolute atomic E-state index is 0.755. The second-order valence-electron chi connectivity index (χ2n) is 6.02. The van der Waals surface area contributed by atoms with Crippen LogP contribution in [0.25, 0.3) is 0 Å². The number of nitrogens with one attached hydrogen (secondary N) is 1. The van der Waals surface area contributed by atoms with Crippen molar-refractivity contribution in [2.75, 3.05) is 33.7 Å².